The molecule has 166 valence electrons. The number of benzene rings is 1. The van der Waals surface area contributed by atoms with Crippen molar-refractivity contribution in [3.63, 3.8) is 0 Å². The Morgan fingerprint density at radius 1 is 0.862 bits per heavy atom. The molecule has 3 aromatic rings. The summed E-state index contributed by atoms with van der Waals surface area (Å²) in [5.41, 5.74) is 5.32. The first kappa shape index (κ1) is 35.5. The normalized spacial score (nSPS) is 12.7. The fourth-order valence-electron chi connectivity index (χ4n) is 3.74. The third kappa shape index (κ3) is 8.36. The zero-order chi connectivity index (χ0) is 16.7. The van der Waals surface area contributed by atoms with Gasteiger partial charge in [0.2, 0.25) is 0 Å². The van der Waals surface area contributed by atoms with Crippen LogP contribution < -0.4 is 0 Å². The first-order valence-corrected chi connectivity index (χ1v) is 8.65. The van der Waals surface area contributed by atoms with E-state index >= 15 is 0 Å². The fourth-order valence-corrected chi connectivity index (χ4v) is 3.74. The molecule has 4 rings (SSSR count). The predicted molar refractivity (Wildman–Crippen MR) is 134 cm³/mol. The molecule has 1 heteroatoms. The summed E-state index contributed by atoms with van der Waals surface area (Å²) in [4.78, 5) is 0. The van der Waals surface area contributed by atoms with Crippen LogP contribution in [0.3, 0.4) is 0 Å². The molecule has 0 N–H and O–H groups in total. The Kier molecular flexibility index (Phi) is 16.4. The largest absolute Gasteiger partial charge is 0.358 e. The Bertz CT molecular complexity index is 762. The average Bonchev–Trinajstić information content (AvgIpc) is 3.13. The molecule has 1 aliphatic carbocycles. The van der Waals surface area contributed by atoms with Crippen LogP contribution in [-0.4, -0.2) is 0 Å². The maximum Gasteiger partial charge on any atom is 0 e. The van der Waals surface area contributed by atoms with Crippen molar-refractivity contribution in [3.8, 4) is 0 Å². The minimum absolute atomic E-state index is 0. The van der Waals surface area contributed by atoms with Gasteiger partial charge < -0.3 is 37.1 Å². The van der Waals surface area contributed by atoms with Crippen molar-refractivity contribution in [1.29, 1.82) is 0 Å². The van der Waals surface area contributed by atoms with Crippen LogP contribution in [0.5, 0.6) is 0 Å². The molecule has 0 bridgehead atoms. The second-order valence-corrected chi connectivity index (χ2v) is 8.69. The summed E-state index contributed by atoms with van der Waals surface area (Å²) in [6.07, 6.45) is 2.46. The van der Waals surface area contributed by atoms with E-state index in [2.05, 4.69) is 58.9 Å². The zero-order valence-electron chi connectivity index (χ0n) is 20.6. The second kappa shape index (κ2) is 13.4. The molecule has 3 aromatic carbocycles. The van der Waals surface area contributed by atoms with Crippen molar-refractivity contribution in [2.75, 3.05) is 0 Å². The Balaban J connectivity index is -0.000000253. The summed E-state index contributed by atoms with van der Waals surface area (Å²) in [5.74, 6) is 0. The Morgan fingerprint density at radius 3 is 1.76 bits per heavy atom. The summed E-state index contributed by atoms with van der Waals surface area (Å²) in [6, 6.07) is 19.5. The third-order valence-electron chi connectivity index (χ3n) is 4.79. The molecule has 0 saturated heterocycles. The molecule has 0 unspecified atom stereocenters. The van der Waals surface area contributed by atoms with Gasteiger partial charge in [-0.2, -0.15) is 24.3 Å². The third-order valence-corrected chi connectivity index (χ3v) is 4.79. The number of hydrogen-bond donors (Lipinski definition) is 0. The van der Waals surface area contributed by atoms with E-state index in [1.807, 2.05) is 30.3 Å². The van der Waals surface area contributed by atoms with Crippen molar-refractivity contribution in [2.24, 2.45) is 5.41 Å². The van der Waals surface area contributed by atoms with E-state index in [4.69, 9.17) is 0 Å². The molecule has 0 atom stereocenters. The molecule has 0 amide bonds. The Labute approximate surface area is 202 Å². The number of rotatable bonds is 0. The van der Waals surface area contributed by atoms with Gasteiger partial charge >= 0.3 is 0 Å². The van der Waals surface area contributed by atoms with Crippen molar-refractivity contribution in [2.45, 2.75) is 52.9 Å². The first-order valence-electron chi connectivity index (χ1n) is 8.65. The molecular formula is C28H43Hf-7. The molecule has 0 nitrogen and oxygen atoms in total. The molecule has 0 saturated carbocycles. The van der Waals surface area contributed by atoms with Gasteiger partial charge in [0.25, 0.3) is 0 Å². The summed E-state index contributed by atoms with van der Waals surface area (Å²) < 4.78 is 0. The molecule has 29 heavy (non-hydrogen) atoms. The number of hydrogen-bond acceptors (Lipinski definition) is 0. The summed E-state index contributed by atoms with van der Waals surface area (Å²) in [7, 11) is 0. The van der Waals surface area contributed by atoms with Crippen LogP contribution in [0.4, 0.5) is 0 Å². The fraction of sp³-hybridized carbons (Fsp3) is 0.321. The van der Waals surface area contributed by atoms with Crippen LogP contribution in [0.15, 0.2) is 54.6 Å². The van der Waals surface area contributed by atoms with Gasteiger partial charge in [0.1, 0.15) is 0 Å². The predicted octanol–water partition coefficient (Wildman–Crippen LogP) is 8.64. The van der Waals surface area contributed by atoms with Crippen LogP contribution in [0.1, 0.15) is 51.3 Å². The van der Waals surface area contributed by atoms with Crippen molar-refractivity contribution in [1.82, 2.24) is 0 Å². The van der Waals surface area contributed by atoms with Gasteiger partial charge in [-0.05, 0) is 23.7 Å². The van der Waals surface area contributed by atoms with Crippen LogP contribution >= 0.6 is 0 Å². The summed E-state index contributed by atoms with van der Waals surface area (Å²) >= 11 is 0. The van der Waals surface area contributed by atoms with E-state index in [1.54, 1.807) is 11.1 Å². The number of fused-ring (bicyclic) bond motifs is 2. The van der Waals surface area contributed by atoms with Gasteiger partial charge in [-0.15, -0.1) is 34.5 Å². The molecular weight excluding hydrogens is 515 g/mol. The molecule has 0 fully saturated rings. The van der Waals surface area contributed by atoms with E-state index < -0.39 is 0 Å². The monoisotopic (exact) mass is 559 g/mol. The molecule has 1 aliphatic rings. The van der Waals surface area contributed by atoms with E-state index in [9.17, 15) is 0 Å². The van der Waals surface area contributed by atoms with Crippen molar-refractivity contribution in [3.05, 3.63) is 108 Å². The summed E-state index contributed by atoms with van der Waals surface area (Å²) in [5, 5.41) is 2.90. The SMILES string of the molecule is CC1(C)Cc2cc3cc[c-](C(C)(C)C)c3cc2C1.[CH3-].[CH3-].[CH3-].[CH3-].[CH3-].[Hf].c1cc[cH-]c1. The van der Waals surface area contributed by atoms with Gasteiger partial charge in [-0.25, -0.2) is 12.1 Å². The standard InChI is InChI=1S/C18H23.C5H5.5CH3.Hf/c1-17(2,3)16-7-6-12-8-13-10-18(4,5)11-14(13)9-15(12)16;1-2-4-5-3-1;;;;;;/h6-9H,10-11H2,1-5H3;1-5H;5*1H3;/q7*-1;. The van der Waals surface area contributed by atoms with E-state index in [0.717, 1.165) is 0 Å². The van der Waals surface area contributed by atoms with Gasteiger partial charge in [0.05, 0.1) is 0 Å². The Morgan fingerprint density at radius 2 is 1.34 bits per heavy atom. The van der Waals surface area contributed by atoms with Crippen molar-refractivity contribution < 1.29 is 25.8 Å². The van der Waals surface area contributed by atoms with Gasteiger partial charge in [0.15, 0.2) is 0 Å². The van der Waals surface area contributed by atoms with Crippen LogP contribution in [0, 0.1) is 42.5 Å². The molecule has 0 aromatic heterocycles. The first-order chi connectivity index (χ1) is 10.8. The van der Waals surface area contributed by atoms with Crippen LogP contribution in [0.25, 0.3) is 10.8 Å². The minimum Gasteiger partial charge on any atom is -0.358 e. The zero-order valence-corrected chi connectivity index (χ0v) is 24.2. The molecule has 0 radical (unpaired) electrons. The molecule has 0 heterocycles. The second-order valence-electron chi connectivity index (χ2n) is 8.69. The van der Waals surface area contributed by atoms with Gasteiger partial charge in [-0.1, -0.05) is 45.7 Å². The topological polar surface area (TPSA) is 0 Å². The van der Waals surface area contributed by atoms with Crippen molar-refractivity contribution >= 4 is 10.8 Å². The van der Waals surface area contributed by atoms with Gasteiger partial charge in [0, 0.05) is 25.8 Å². The molecule has 0 spiro atoms. The maximum atomic E-state index is 2.46. The summed E-state index contributed by atoms with van der Waals surface area (Å²) in [6.45, 7) is 11.7. The quantitative estimate of drug-likeness (QED) is 0.192. The average molecular weight is 558 g/mol. The van der Waals surface area contributed by atoms with E-state index in [1.165, 1.54) is 29.2 Å². The van der Waals surface area contributed by atoms with Crippen LogP contribution in [0.2, 0.25) is 0 Å². The minimum atomic E-state index is 0. The van der Waals surface area contributed by atoms with Gasteiger partial charge in [-0.3, -0.25) is 0 Å². The smallest absolute Gasteiger partial charge is 0 e. The van der Waals surface area contributed by atoms with E-state index in [-0.39, 0.29) is 68.4 Å². The van der Waals surface area contributed by atoms with E-state index in [0.29, 0.717) is 5.41 Å². The maximum absolute atomic E-state index is 2.46. The molecule has 0 aliphatic heterocycles. The van der Waals surface area contributed by atoms with Crippen LogP contribution in [-0.2, 0) is 44.1 Å². The Hall–Kier alpha value is -0.950.